The number of nitrogens with zero attached hydrogens (tertiary/aromatic N) is 2. The van der Waals surface area contributed by atoms with Gasteiger partial charge in [-0.2, -0.15) is 0 Å². The first kappa shape index (κ1) is 14.2. The molecule has 0 amide bonds. The zero-order valence-corrected chi connectivity index (χ0v) is 11.4. The molecule has 1 aromatic carbocycles. The van der Waals surface area contributed by atoms with Crippen molar-refractivity contribution in [1.29, 1.82) is 0 Å². The van der Waals surface area contributed by atoms with E-state index in [9.17, 15) is 4.79 Å². The lowest BCUT2D eigenvalue weighted by molar-refractivity contribution is 0.197. The van der Waals surface area contributed by atoms with E-state index in [4.69, 9.17) is 4.74 Å². The Bertz CT molecular complexity index is 583. The Morgan fingerprint density at radius 3 is 2.75 bits per heavy atom. The molecule has 0 bridgehead atoms. The van der Waals surface area contributed by atoms with Crippen molar-refractivity contribution in [3.8, 4) is 0 Å². The Morgan fingerprint density at radius 2 is 2.05 bits per heavy atom. The van der Waals surface area contributed by atoms with Crippen molar-refractivity contribution < 1.29 is 4.74 Å². The zero-order chi connectivity index (χ0) is 14.2. The van der Waals surface area contributed by atoms with E-state index >= 15 is 0 Å². The predicted octanol–water partition coefficient (Wildman–Crippen LogP) is 1.20. The molecule has 0 fully saturated rings. The van der Waals surface area contributed by atoms with E-state index in [1.54, 1.807) is 7.11 Å². The number of hydrogen-bond acceptors (Lipinski definition) is 5. The molecule has 0 spiro atoms. The molecule has 0 unspecified atom stereocenters. The van der Waals surface area contributed by atoms with Crippen LogP contribution in [0.5, 0.6) is 0 Å². The lowest BCUT2D eigenvalue weighted by Crippen LogP contribution is -2.20. The Kier molecular flexibility index (Phi) is 5.25. The summed E-state index contributed by atoms with van der Waals surface area (Å²) in [7, 11) is 1.65. The number of rotatable bonds is 7. The summed E-state index contributed by atoms with van der Waals surface area (Å²) in [6, 6.07) is 9.72. The van der Waals surface area contributed by atoms with Gasteiger partial charge in [0.25, 0.3) is 5.56 Å². The summed E-state index contributed by atoms with van der Waals surface area (Å²) >= 11 is 0. The van der Waals surface area contributed by atoms with Crippen molar-refractivity contribution in [2.24, 2.45) is 0 Å². The van der Waals surface area contributed by atoms with E-state index < -0.39 is 0 Å². The van der Waals surface area contributed by atoms with E-state index in [2.05, 4.69) is 20.5 Å². The number of H-pyrrole nitrogens is 1. The van der Waals surface area contributed by atoms with Crippen LogP contribution in [-0.2, 0) is 11.2 Å². The fraction of sp³-hybridized carbons (Fsp3) is 0.357. The van der Waals surface area contributed by atoms with Crippen molar-refractivity contribution in [2.45, 2.75) is 12.8 Å². The van der Waals surface area contributed by atoms with Crippen molar-refractivity contribution >= 4 is 5.95 Å². The highest BCUT2D eigenvalue weighted by molar-refractivity contribution is 5.24. The fourth-order valence-corrected chi connectivity index (χ4v) is 1.77. The summed E-state index contributed by atoms with van der Waals surface area (Å²) in [4.78, 5) is 14.6. The summed E-state index contributed by atoms with van der Waals surface area (Å²) < 4.78 is 4.94. The third-order valence-corrected chi connectivity index (χ3v) is 2.80. The van der Waals surface area contributed by atoms with Crippen LogP contribution in [0.25, 0.3) is 0 Å². The standard InChI is InChI=1S/C14H18N4O2/c1-20-9-5-8-15-14-16-13(19)12(17-18-14)10-11-6-3-2-4-7-11/h2-4,6-7H,5,8-10H2,1H3,(H2,15,16,18,19). The van der Waals surface area contributed by atoms with Crippen LogP contribution in [0.4, 0.5) is 5.95 Å². The van der Waals surface area contributed by atoms with Crippen LogP contribution in [-0.4, -0.2) is 35.4 Å². The maximum Gasteiger partial charge on any atom is 0.274 e. The van der Waals surface area contributed by atoms with Gasteiger partial charge in [0, 0.05) is 26.7 Å². The summed E-state index contributed by atoms with van der Waals surface area (Å²) in [5.41, 5.74) is 1.24. The molecule has 0 aliphatic carbocycles. The van der Waals surface area contributed by atoms with E-state index in [-0.39, 0.29) is 5.56 Å². The monoisotopic (exact) mass is 274 g/mol. The van der Waals surface area contributed by atoms with Crippen LogP contribution >= 0.6 is 0 Å². The van der Waals surface area contributed by atoms with Crippen molar-refractivity contribution in [3.05, 3.63) is 51.9 Å². The zero-order valence-electron chi connectivity index (χ0n) is 11.4. The number of hydrogen-bond donors (Lipinski definition) is 2. The normalized spacial score (nSPS) is 10.4. The summed E-state index contributed by atoms with van der Waals surface area (Å²) in [6.07, 6.45) is 1.32. The van der Waals surface area contributed by atoms with Crippen LogP contribution in [0, 0.1) is 0 Å². The van der Waals surface area contributed by atoms with Gasteiger partial charge < -0.3 is 10.1 Å². The molecule has 6 nitrogen and oxygen atoms in total. The van der Waals surface area contributed by atoms with Crippen molar-refractivity contribution in [3.63, 3.8) is 0 Å². The molecule has 0 atom stereocenters. The first-order valence-electron chi connectivity index (χ1n) is 6.52. The van der Waals surface area contributed by atoms with Crippen molar-refractivity contribution in [2.75, 3.05) is 25.6 Å². The van der Waals surface area contributed by atoms with Crippen LogP contribution in [0.2, 0.25) is 0 Å². The number of anilines is 1. The number of nitrogens with one attached hydrogen (secondary N) is 2. The number of benzene rings is 1. The highest BCUT2D eigenvalue weighted by Gasteiger charge is 2.05. The Hall–Kier alpha value is -2.21. The van der Waals surface area contributed by atoms with Gasteiger partial charge in [0.15, 0.2) is 0 Å². The molecule has 6 heteroatoms. The highest BCUT2D eigenvalue weighted by atomic mass is 16.5. The third-order valence-electron chi connectivity index (χ3n) is 2.80. The van der Waals surface area contributed by atoms with E-state index in [1.807, 2.05) is 30.3 Å². The molecule has 20 heavy (non-hydrogen) atoms. The van der Waals surface area contributed by atoms with E-state index in [1.165, 1.54) is 0 Å². The van der Waals surface area contributed by atoms with Gasteiger partial charge in [0.05, 0.1) is 0 Å². The predicted molar refractivity (Wildman–Crippen MR) is 76.9 cm³/mol. The Morgan fingerprint density at radius 1 is 1.25 bits per heavy atom. The maximum absolute atomic E-state index is 11.9. The lowest BCUT2D eigenvalue weighted by atomic mass is 10.1. The van der Waals surface area contributed by atoms with Gasteiger partial charge >= 0.3 is 0 Å². The molecule has 0 saturated carbocycles. The molecular formula is C14H18N4O2. The third kappa shape index (κ3) is 4.17. The van der Waals surface area contributed by atoms with Gasteiger partial charge in [-0.15, -0.1) is 10.2 Å². The first-order chi connectivity index (χ1) is 9.79. The van der Waals surface area contributed by atoms with Gasteiger partial charge in [-0.1, -0.05) is 30.3 Å². The molecule has 1 heterocycles. The second-order valence-electron chi connectivity index (χ2n) is 4.38. The van der Waals surface area contributed by atoms with Crippen LogP contribution < -0.4 is 10.9 Å². The molecule has 106 valence electrons. The van der Waals surface area contributed by atoms with Gasteiger partial charge in [0.2, 0.25) is 5.95 Å². The molecule has 0 aliphatic heterocycles. The average molecular weight is 274 g/mol. The molecular weight excluding hydrogens is 256 g/mol. The number of aromatic amines is 1. The Labute approximate surface area is 117 Å². The minimum absolute atomic E-state index is 0.210. The molecule has 0 aliphatic rings. The smallest absolute Gasteiger partial charge is 0.274 e. The number of methoxy groups -OCH3 is 1. The quantitative estimate of drug-likeness (QED) is 0.742. The largest absolute Gasteiger partial charge is 0.385 e. The van der Waals surface area contributed by atoms with E-state index in [0.717, 1.165) is 12.0 Å². The molecule has 1 aromatic heterocycles. The summed E-state index contributed by atoms with van der Waals surface area (Å²) in [5, 5.41) is 11.0. The van der Waals surface area contributed by atoms with Gasteiger partial charge in [-0.05, 0) is 12.0 Å². The number of ether oxygens (including phenoxy) is 1. The van der Waals surface area contributed by atoms with Gasteiger partial charge in [-0.3, -0.25) is 9.78 Å². The SMILES string of the molecule is COCCCNc1nnc(Cc2ccccc2)c(=O)[nH]1. The van der Waals surface area contributed by atoms with Gasteiger partial charge in [0.1, 0.15) is 5.69 Å². The molecule has 0 radical (unpaired) electrons. The maximum atomic E-state index is 11.9. The van der Waals surface area contributed by atoms with E-state index in [0.29, 0.717) is 31.2 Å². The van der Waals surface area contributed by atoms with Gasteiger partial charge in [-0.25, -0.2) is 0 Å². The first-order valence-corrected chi connectivity index (χ1v) is 6.52. The molecule has 2 rings (SSSR count). The summed E-state index contributed by atoms with van der Waals surface area (Å²) in [6.45, 7) is 1.34. The fourth-order valence-electron chi connectivity index (χ4n) is 1.77. The van der Waals surface area contributed by atoms with Crippen LogP contribution in [0.15, 0.2) is 35.1 Å². The molecule has 2 N–H and O–H groups in total. The second-order valence-corrected chi connectivity index (χ2v) is 4.38. The minimum atomic E-state index is -0.210. The molecule has 2 aromatic rings. The van der Waals surface area contributed by atoms with Crippen LogP contribution in [0.1, 0.15) is 17.7 Å². The van der Waals surface area contributed by atoms with Crippen LogP contribution in [0.3, 0.4) is 0 Å². The Balaban J connectivity index is 1.97. The topological polar surface area (TPSA) is 79.9 Å². The number of aromatic nitrogens is 3. The second kappa shape index (κ2) is 7.40. The summed E-state index contributed by atoms with van der Waals surface area (Å²) in [5.74, 6) is 0.392. The minimum Gasteiger partial charge on any atom is -0.385 e. The highest BCUT2D eigenvalue weighted by Crippen LogP contribution is 2.03. The average Bonchev–Trinajstić information content (AvgIpc) is 2.47. The molecule has 0 saturated heterocycles. The van der Waals surface area contributed by atoms with Crippen molar-refractivity contribution in [1.82, 2.24) is 15.2 Å². The lowest BCUT2D eigenvalue weighted by Gasteiger charge is -2.05.